The fraction of sp³-hybridized carbons (Fsp3) is 0.500. The maximum atomic E-state index is 13.5. The van der Waals surface area contributed by atoms with Crippen molar-refractivity contribution in [2.75, 3.05) is 33.4 Å². The van der Waals surface area contributed by atoms with Gasteiger partial charge in [0.25, 0.3) is 5.91 Å². The minimum Gasteiger partial charge on any atom is -0.484 e. The summed E-state index contributed by atoms with van der Waals surface area (Å²) in [5.74, 6) is -1.22. The third-order valence-electron chi connectivity index (χ3n) is 6.21. The van der Waals surface area contributed by atoms with Gasteiger partial charge in [-0.3, -0.25) is 29.1 Å². The Balaban J connectivity index is 1.86. The van der Waals surface area contributed by atoms with Crippen LogP contribution in [-0.4, -0.2) is 84.0 Å². The summed E-state index contributed by atoms with van der Waals surface area (Å²) >= 11 is 0. The van der Waals surface area contributed by atoms with Gasteiger partial charge in [-0.1, -0.05) is 26.0 Å². The van der Waals surface area contributed by atoms with Crippen LogP contribution < -0.4 is 20.7 Å². The maximum absolute atomic E-state index is 13.5. The smallest absolute Gasteiger partial charge is 0.258 e. The first-order valence-electron chi connectivity index (χ1n) is 13.3. The summed E-state index contributed by atoms with van der Waals surface area (Å²) in [6.07, 6.45) is 3.76. The molecule has 216 valence electrons. The van der Waals surface area contributed by atoms with E-state index in [2.05, 4.69) is 25.9 Å². The molecule has 4 amide bonds. The molecule has 0 aliphatic carbocycles. The fourth-order valence-electron chi connectivity index (χ4n) is 4.16. The highest BCUT2D eigenvalue weighted by Crippen LogP contribution is 2.15. The van der Waals surface area contributed by atoms with Crippen LogP contribution in [0.4, 0.5) is 0 Å². The summed E-state index contributed by atoms with van der Waals surface area (Å²) in [4.78, 5) is 62.4. The molecule has 40 heavy (non-hydrogen) atoms. The van der Waals surface area contributed by atoms with Crippen LogP contribution in [0.3, 0.4) is 0 Å². The van der Waals surface area contributed by atoms with Crippen LogP contribution in [0.25, 0.3) is 0 Å². The number of nitrogens with zero attached hydrogens (tertiary/aromatic N) is 3. The Morgan fingerprint density at radius 1 is 1.12 bits per heavy atom. The van der Waals surface area contributed by atoms with Crippen molar-refractivity contribution in [3.05, 3.63) is 53.6 Å². The Kier molecular flexibility index (Phi) is 11.4. The maximum Gasteiger partial charge on any atom is 0.258 e. The molecule has 0 spiro atoms. The van der Waals surface area contributed by atoms with Crippen molar-refractivity contribution in [1.29, 1.82) is 0 Å². The SMILES string of the molecule is COCCN1CC(=O)N[C@@H](C(=O)NCc2cnc(C)cn2)Cc2ccc(cc2)OCC(=O)N[C@@H](CC(C)C)C1=O. The van der Waals surface area contributed by atoms with E-state index in [-0.39, 0.29) is 45.2 Å². The van der Waals surface area contributed by atoms with E-state index in [1.165, 1.54) is 12.0 Å². The van der Waals surface area contributed by atoms with Crippen LogP contribution in [0.5, 0.6) is 5.75 Å². The van der Waals surface area contributed by atoms with Gasteiger partial charge in [0, 0.05) is 26.3 Å². The zero-order valence-electron chi connectivity index (χ0n) is 23.4. The first-order valence-corrected chi connectivity index (χ1v) is 13.3. The van der Waals surface area contributed by atoms with Crippen molar-refractivity contribution in [2.45, 2.75) is 52.2 Å². The Labute approximate surface area is 234 Å². The Morgan fingerprint density at radius 2 is 1.88 bits per heavy atom. The van der Waals surface area contributed by atoms with E-state index in [1.807, 2.05) is 20.8 Å². The number of carbonyl (C=O) groups is 4. The van der Waals surface area contributed by atoms with Crippen molar-refractivity contribution in [1.82, 2.24) is 30.8 Å². The number of aromatic nitrogens is 2. The van der Waals surface area contributed by atoms with Crippen LogP contribution in [0, 0.1) is 12.8 Å². The van der Waals surface area contributed by atoms with E-state index in [0.717, 1.165) is 11.3 Å². The van der Waals surface area contributed by atoms with Gasteiger partial charge < -0.3 is 30.3 Å². The Morgan fingerprint density at radius 3 is 2.52 bits per heavy atom. The first kappa shape index (κ1) is 30.5. The second-order valence-electron chi connectivity index (χ2n) is 10.1. The van der Waals surface area contributed by atoms with Crippen molar-refractivity contribution < 1.29 is 28.7 Å². The van der Waals surface area contributed by atoms with Crippen molar-refractivity contribution in [3.63, 3.8) is 0 Å². The van der Waals surface area contributed by atoms with Gasteiger partial charge >= 0.3 is 0 Å². The largest absolute Gasteiger partial charge is 0.484 e. The summed E-state index contributed by atoms with van der Waals surface area (Å²) in [6.45, 7) is 5.58. The number of fused-ring (bicyclic) bond motifs is 13. The van der Waals surface area contributed by atoms with Crippen molar-refractivity contribution in [2.24, 2.45) is 5.92 Å². The number of carbonyl (C=O) groups excluding carboxylic acids is 4. The van der Waals surface area contributed by atoms with Crippen molar-refractivity contribution in [3.8, 4) is 5.75 Å². The molecule has 1 aromatic carbocycles. The summed E-state index contributed by atoms with van der Waals surface area (Å²) in [6, 6.07) is 5.15. The monoisotopic (exact) mass is 554 g/mol. The summed E-state index contributed by atoms with van der Waals surface area (Å²) in [7, 11) is 1.50. The van der Waals surface area contributed by atoms with E-state index in [1.54, 1.807) is 36.7 Å². The van der Waals surface area contributed by atoms with Gasteiger partial charge in [-0.2, -0.15) is 0 Å². The molecule has 4 rings (SSSR count). The van der Waals surface area contributed by atoms with Gasteiger partial charge in [-0.05, 0) is 37.0 Å². The van der Waals surface area contributed by atoms with Crippen LogP contribution in [0.2, 0.25) is 0 Å². The Hall–Kier alpha value is -4.06. The minimum atomic E-state index is -0.920. The van der Waals surface area contributed by atoms with E-state index in [0.29, 0.717) is 17.9 Å². The third-order valence-corrected chi connectivity index (χ3v) is 6.21. The molecule has 2 atom stereocenters. The number of hydrogen-bond acceptors (Lipinski definition) is 8. The highest BCUT2D eigenvalue weighted by molar-refractivity contribution is 5.93. The molecule has 0 saturated carbocycles. The molecule has 0 radical (unpaired) electrons. The molecular weight excluding hydrogens is 516 g/mol. The van der Waals surface area contributed by atoms with Crippen LogP contribution in [0.15, 0.2) is 36.7 Å². The number of nitrogens with one attached hydrogen (secondary N) is 3. The highest BCUT2D eigenvalue weighted by atomic mass is 16.5. The lowest BCUT2D eigenvalue weighted by molar-refractivity contribution is -0.141. The predicted octanol–water partition coefficient (Wildman–Crippen LogP) is 0.527. The van der Waals surface area contributed by atoms with E-state index in [9.17, 15) is 19.2 Å². The first-order chi connectivity index (χ1) is 19.1. The van der Waals surface area contributed by atoms with Gasteiger partial charge in [0.05, 0.1) is 37.3 Å². The number of amides is 4. The molecule has 0 fully saturated rings. The highest BCUT2D eigenvalue weighted by Gasteiger charge is 2.30. The van der Waals surface area contributed by atoms with Crippen LogP contribution in [0.1, 0.15) is 37.2 Å². The number of ether oxygens (including phenoxy) is 2. The Bertz CT molecular complexity index is 1150. The van der Waals surface area contributed by atoms with Crippen molar-refractivity contribution >= 4 is 23.6 Å². The summed E-state index contributed by atoms with van der Waals surface area (Å²) in [5, 5.41) is 8.34. The molecule has 1 aromatic heterocycles. The lowest BCUT2D eigenvalue weighted by Crippen LogP contribution is -2.55. The summed E-state index contributed by atoms with van der Waals surface area (Å²) < 4.78 is 10.8. The molecule has 2 aliphatic rings. The van der Waals surface area contributed by atoms with E-state index in [4.69, 9.17) is 9.47 Å². The topological polar surface area (TPSA) is 152 Å². The average Bonchev–Trinajstić information content (AvgIpc) is 2.92. The molecule has 12 heteroatoms. The molecule has 2 bridgehead atoms. The number of benzene rings is 1. The van der Waals surface area contributed by atoms with E-state index < -0.39 is 35.7 Å². The fourth-order valence-corrected chi connectivity index (χ4v) is 4.16. The predicted molar refractivity (Wildman–Crippen MR) is 146 cm³/mol. The molecule has 0 saturated heterocycles. The standard InChI is InChI=1S/C28H38N6O6/c1-18(2)11-24-28(38)34(9-10-39-4)16-25(35)32-23(27(37)31-15-21-14-29-19(3)13-30-21)12-20-5-7-22(8-6-20)40-17-26(36)33-24/h5-8,13-14,18,23-24H,9-12,15-17H2,1-4H3,(H,31,37)(H,32,35)(H,33,36)/t23-,24+/m1/s1. The number of aryl methyl sites for hydroxylation is 1. The number of rotatable bonds is 8. The number of methoxy groups -OCH3 is 1. The molecule has 2 aromatic rings. The van der Waals surface area contributed by atoms with Gasteiger partial charge in [0.2, 0.25) is 17.7 Å². The summed E-state index contributed by atoms with van der Waals surface area (Å²) in [5.41, 5.74) is 2.11. The number of hydrogen-bond donors (Lipinski definition) is 3. The van der Waals surface area contributed by atoms with Gasteiger partial charge in [-0.15, -0.1) is 0 Å². The molecule has 3 heterocycles. The van der Waals surface area contributed by atoms with E-state index >= 15 is 0 Å². The molecule has 3 N–H and O–H groups in total. The van der Waals surface area contributed by atoms with Crippen LogP contribution >= 0.6 is 0 Å². The normalized spacial score (nSPS) is 18.7. The lowest BCUT2D eigenvalue weighted by atomic mass is 10.0. The molecule has 2 aliphatic heterocycles. The third kappa shape index (κ3) is 9.60. The second-order valence-corrected chi connectivity index (χ2v) is 10.1. The van der Waals surface area contributed by atoms with Crippen LogP contribution in [-0.2, 0) is 36.9 Å². The molecule has 0 unspecified atom stereocenters. The lowest BCUT2D eigenvalue weighted by Gasteiger charge is -2.29. The molecular formula is C28H38N6O6. The zero-order chi connectivity index (χ0) is 29.1. The van der Waals surface area contributed by atoms with Gasteiger partial charge in [0.15, 0.2) is 6.61 Å². The minimum absolute atomic E-state index is 0.0951. The zero-order valence-corrected chi connectivity index (χ0v) is 23.4. The second kappa shape index (κ2) is 14.9. The van der Waals surface area contributed by atoms with Gasteiger partial charge in [-0.25, -0.2) is 0 Å². The molecule has 12 nitrogen and oxygen atoms in total. The quantitative estimate of drug-likeness (QED) is 0.400. The van der Waals surface area contributed by atoms with Gasteiger partial charge in [0.1, 0.15) is 17.8 Å². The average molecular weight is 555 g/mol.